The molecule has 1 heterocycles. The summed E-state index contributed by atoms with van der Waals surface area (Å²) in [4.78, 5) is 38.2. The molecule has 0 aromatic heterocycles. The zero-order chi connectivity index (χ0) is 22.9. The minimum atomic E-state index is -1.29. The van der Waals surface area contributed by atoms with E-state index in [1.807, 2.05) is 72.8 Å². The number of aromatic carboxylic acids is 1. The van der Waals surface area contributed by atoms with Crippen molar-refractivity contribution in [1.82, 2.24) is 5.01 Å². The molecule has 0 radical (unpaired) electrons. The van der Waals surface area contributed by atoms with Gasteiger partial charge in [0.05, 0.1) is 23.5 Å². The predicted molar refractivity (Wildman–Crippen MR) is 121 cm³/mol. The molecule has 6 nitrogen and oxygen atoms in total. The van der Waals surface area contributed by atoms with Crippen LogP contribution in [-0.2, 0) is 9.59 Å². The van der Waals surface area contributed by atoms with Crippen molar-refractivity contribution in [3.63, 3.8) is 0 Å². The van der Waals surface area contributed by atoms with Crippen LogP contribution in [0.5, 0.6) is 0 Å². The number of fused-ring (bicyclic) bond motifs is 1. The third kappa shape index (κ3) is 3.69. The Kier molecular flexibility index (Phi) is 5.26. The quantitative estimate of drug-likeness (QED) is 0.489. The van der Waals surface area contributed by atoms with Gasteiger partial charge in [-0.25, -0.2) is 0 Å². The third-order valence-corrected chi connectivity index (χ3v) is 6.43. The van der Waals surface area contributed by atoms with Crippen LogP contribution >= 0.6 is 0 Å². The summed E-state index contributed by atoms with van der Waals surface area (Å²) in [5.41, 5.74) is 5.33. The average Bonchev–Trinajstić information content (AvgIpc) is 3.10. The van der Waals surface area contributed by atoms with E-state index < -0.39 is 17.8 Å². The summed E-state index contributed by atoms with van der Waals surface area (Å²) in [7, 11) is 0. The Morgan fingerprint density at radius 3 is 1.58 bits per heavy atom. The van der Waals surface area contributed by atoms with Gasteiger partial charge in [-0.1, -0.05) is 84.9 Å². The highest BCUT2D eigenvalue weighted by Gasteiger charge is 2.55. The number of nitrogens with one attached hydrogen (secondary N) is 1. The molecule has 2 aliphatic rings. The molecular formula is C27H21N2O4-. The Labute approximate surface area is 191 Å². The highest BCUT2D eigenvalue weighted by molar-refractivity contribution is 6.07. The summed E-state index contributed by atoms with van der Waals surface area (Å²) in [5.74, 6) is -3.43. The molecule has 4 atom stereocenters. The maximum atomic E-state index is 13.6. The first-order valence-corrected chi connectivity index (χ1v) is 10.8. The van der Waals surface area contributed by atoms with Crippen molar-refractivity contribution in [1.29, 1.82) is 0 Å². The molecule has 164 valence electrons. The summed E-state index contributed by atoms with van der Waals surface area (Å²) in [6, 6.07) is 25.2. The number of carboxylic acid groups (broad SMARTS) is 1. The van der Waals surface area contributed by atoms with Crippen LogP contribution in [0.2, 0.25) is 0 Å². The third-order valence-electron chi connectivity index (χ3n) is 6.43. The highest BCUT2D eigenvalue weighted by Crippen LogP contribution is 2.49. The van der Waals surface area contributed by atoms with E-state index in [1.165, 1.54) is 24.3 Å². The molecule has 0 saturated carbocycles. The second-order valence-corrected chi connectivity index (χ2v) is 8.30. The molecule has 1 aliphatic carbocycles. The van der Waals surface area contributed by atoms with Gasteiger partial charge in [0.25, 0.3) is 11.8 Å². The zero-order valence-corrected chi connectivity index (χ0v) is 17.6. The van der Waals surface area contributed by atoms with E-state index in [9.17, 15) is 19.5 Å². The number of imide groups is 1. The lowest BCUT2D eigenvalue weighted by Gasteiger charge is -2.32. The molecule has 6 heteroatoms. The summed E-state index contributed by atoms with van der Waals surface area (Å²) in [5, 5.41) is 12.1. The monoisotopic (exact) mass is 437 g/mol. The molecule has 1 N–H and O–H groups in total. The molecule has 0 spiro atoms. The first-order valence-electron chi connectivity index (χ1n) is 10.8. The minimum absolute atomic E-state index is 0.0192. The lowest BCUT2D eigenvalue weighted by molar-refractivity contribution is -0.255. The van der Waals surface area contributed by atoms with E-state index in [2.05, 4.69) is 5.43 Å². The first-order chi connectivity index (χ1) is 16.0. The first kappa shape index (κ1) is 20.7. The van der Waals surface area contributed by atoms with E-state index in [-0.39, 0.29) is 29.2 Å². The van der Waals surface area contributed by atoms with E-state index >= 15 is 0 Å². The molecule has 1 fully saturated rings. The Bertz CT molecular complexity index is 1150. The van der Waals surface area contributed by atoms with Crippen LogP contribution in [0.1, 0.15) is 33.3 Å². The van der Waals surface area contributed by atoms with Crippen LogP contribution in [0.15, 0.2) is 97.1 Å². The van der Waals surface area contributed by atoms with Crippen molar-refractivity contribution in [3.05, 3.63) is 114 Å². The van der Waals surface area contributed by atoms with Gasteiger partial charge in [0.15, 0.2) is 0 Å². The molecule has 33 heavy (non-hydrogen) atoms. The number of hydrogen-bond donors (Lipinski definition) is 1. The van der Waals surface area contributed by atoms with E-state index in [1.54, 1.807) is 0 Å². The maximum absolute atomic E-state index is 13.6. The Morgan fingerprint density at radius 2 is 1.15 bits per heavy atom. The fourth-order valence-electron chi connectivity index (χ4n) is 4.85. The summed E-state index contributed by atoms with van der Waals surface area (Å²) < 4.78 is 0. The SMILES string of the molecule is O=C([O-])c1ccc(NN2C(=O)[C@@H]3[C@@H](C2=O)[C@H](c2ccccc2)C=C[C@@H]3c2ccccc2)cc1. The van der Waals surface area contributed by atoms with E-state index in [4.69, 9.17) is 0 Å². The predicted octanol–water partition coefficient (Wildman–Crippen LogP) is 3.12. The van der Waals surface area contributed by atoms with Gasteiger partial charge in [0.1, 0.15) is 0 Å². The van der Waals surface area contributed by atoms with Gasteiger partial charge in [-0.3, -0.25) is 15.0 Å². The van der Waals surface area contributed by atoms with Gasteiger partial charge >= 0.3 is 0 Å². The molecular weight excluding hydrogens is 416 g/mol. The number of benzene rings is 3. The number of allylic oxidation sites excluding steroid dienone is 2. The molecule has 3 aromatic carbocycles. The molecule has 5 rings (SSSR count). The normalized spacial score (nSPS) is 23.9. The van der Waals surface area contributed by atoms with Crippen LogP contribution in [0.4, 0.5) is 5.69 Å². The Balaban J connectivity index is 1.52. The topological polar surface area (TPSA) is 89.5 Å². The zero-order valence-electron chi connectivity index (χ0n) is 17.6. The summed E-state index contributed by atoms with van der Waals surface area (Å²) >= 11 is 0. The van der Waals surface area contributed by atoms with Crippen LogP contribution < -0.4 is 10.5 Å². The number of hydrazine groups is 1. The lowest BCUT2D eigenvalue weighted by atomic mass is 9.68. The number of rotatable bonds is 5. The highest BCUT2D eigenvalue weighted by atomic mass is 16.4. The van der Waals surface area contributed by atoms with Gasteiger partial charge in [0.2, 0.25) is 0 Å². The van der Waals surface area contributed by atoms with Gasteiger partial charge in [0, 0.05) is 11.8 Å². The van der Waals surface area contributed by atoms with Crippen LogP contribution in [0.25, 0.3) is 0 Å². The average molecular weight is 437 g/mol. The summed E-state index contributed by atoms with van der Waals surface area (Å²) in [6.45, 7) is 0. The van der Waals surface area contributed by atoms with Crippen molar-refractivity contribution in [2.75, 3.05) is 5.43 Å². The van der Waals surface area contributed by atoms with E-state index in [0.717, 1.165) is 16.1 Å². The Hall–Kier alpha value is -4.19. The molecule has 0 unspecified atom stereocenters. The van der Waals surface area contributed by atoms with Crippen molar-refractivity contribution < 1.29 is 19.5 Å². The van der Waals surface area contributed by atoms with Crippen LogP contribution in [0, 0.1) is 11.8 Å². The Morgan fingerprint density at radius 1 is 0.697 bits per heavy atom. The number of amides is 2. The second-order valence-electron chi connectivity index (χ2n) is 8.30. The van der Waals surface area contributed by atoms with E-state index in [0.29, 0.717) is 5.69 Å². The number of carboxylic acids is 1. The van der Waals surface area contributed by atoms with Crippen LogP contribution in [-0.4, -0.2) is 22.8 Å². The number of hydrogen-bond acceptors (Lipinski definition) is 5. The van der Waals surface area contributed by atoms with Gasteiger partial charge < -0.3 is 9.90 Å². The molecule has 3 aromatic rings. The fraction of sp³-hybridized carbons (Fsp3) is 0.148. The standard InChI is InChI=1S/C27H22N2O4/c30-25-23-21(17-7-3-1-4-8-17)15-16-22(18-9-5-2-6-10-18)24(23)26(31)29(25)28-20-13-11-19(12-14-20)27(32)33/h1-16,21-24,28H,(H,32,33)/p-1/t21-,22+,23-,24-/m0/s1. The van der Waals surface area contributed by atoms with Crippen molar-refractivity contribution in [3.8, 4) is 0 Å². The van der Waals surface area contributed by atoms with Crippen molar-refractivity contribution in [2.24, 2.45) is 11.8 Å². The number of nitrogens with zero attached hydrogens (tertiary/aromatic N) is 1. The summed E-state index contributed by atoms with van der Waals surface area (Å²) in [6.07, 6.45) is 4.08. The molecule has 1 aliphatic heterocycles. The largest absolute Gasteiger partial charge is 0.545 e. The fourth-order valence-corrected chi connectivity index (χ4v) is 4.85. The van der Waals surface area contributed by atoms with Gasteiger partial charge in [-0.15, -0.1) is 0 Å². The number of anilines is 1. The van der Waals surface area contributed by atoms with Gasteiger partial charge in [-0.2, -0.15) is 5.01 Å². The van der Waals surface area contributed by atoms with Crippen molar-refractivity contribution >= 4 is 23.5 Å². The van der Waals surface area contributed by atoms with Crippen molar-refractivity contribution in [2.45, 2.75) is 11.8 Å². The maximum Gasteiger partial charge on any atom is 0.253 e. The molecule has 0 bridgehead atoms. The second kappa shape index (κ2) is 8.39. The van der Waals surface area contributed by atoms with Gasteiger partial charge in [-0.05, 0) is 28.8 Å². The number of carbonyl (C=O) groups is 3. The number of carbonyl (C=O) groups excluding carboxylic acids is 3. The minimum Gasteiger partial charge on any atom is -0.545 e. The van der Waals surface area contributed by atoms with Crippen LogP contribution in [0.3, 0.4) is 0 Å². The molecule has 2 amide bonds. The molecule has 1 saturated heterocycles. The lowest BCUT2D eigenvalue weighted by Crippen LogP contribution is -2.37. The smallest absolute Gasteiger partial charge is 0.253 e.